The van der Waals surface area contributed by atoms with Crippen LogP contribution in [0.25, 0.3) is 0 Å². The Hall–Kier alpha value is -2.97. The summed E-state index contributed by atoms with van der Waals surface area (Å²) in [5.41, 5.74) is 0.113. The van der Waals surface area contributed by atoms with Gasteiger partial charge in [0.1, 0.15) is 12.3 Å². The van der Waals surface area contributed by atoms with Gasteiger partial charge in [0.05, 0.1) is 24.9 Å². The molecule has 2 fully saturated rings. The molecule has 2 aromatic rings. The van der Waals surface area contributed by atoms with Crippen LogP contribution in [-0.4, -0.2) is 48.6 Å². The van der Waals surface area contributed by atoms with E-state index in [0.717, 1.165) is 16.8 Å². The molecule has 0 aliphatic carbocycles. The second-order valence-electron chi connectivity index (χ2n) is 10.1. The largest absolute Gasteiger partial charge is 0.447 e. The molecule has 2 aromatic carbocycles. The van der Waals surface area contributed by atoms with E-state index >= 15 is 4.39 Å². The lowest BCUT2D eigenvalue weighted by Gasteiger charge is -2.32. The summed E-state index contributed by atoms with van der Waals surface area (Å²) in [7, 11) is 0. The number of aliphatic hydroxyl groups is 1. The zero-order chi connectivity index (χ0) is 25.0. The van der Waals surface area contributed by atoms with Crippen molar-refractivity contribution in [3.8, 4) is 0 Å². The number of alkyl halides is 1. The molecule has 0 unspecified atom stereocenters. The first-order valence-corrected chi connectivity index (χ1v) is 12.1. The number of nitrogens with zero attached hydrogens (tertiary/aromatic N) is 2. The monoisotopic (exact) mass is 482 g/mol. The average Bonchev–Trinajstić information content (AvgIpc) is 3.44. The lowest BCUT2D eigenvalue weighted by Crippen LogP contribution is -2.45. The van der Waals surface area contributed by atoms with Gasteiger partial charge in [0.2, 0.25) is 0 Å². The van der Waals surface area contributed by atoms with Crippen LogP contribution in [0, 0.1) is 11.8 Å². The Morgan fingerprint density at radius 2 is 1.94 bits per heavy atom. The standard InChI is InChI=1S/C27H31FN2O5/c1-17-23(26(2,3)28)22(11-13-31)35-27(17)20-9-4-5-10-21(20)30(24(27)32)16-18-7-6-8-19(15-18)29-12-14-34-25(29)33/h4-10,15,17,22-23,31H,11-14,16H2,1-3H3/t17-,22+,23-,27+/m0/s1. The molecule has 1 N–H and O–H groups in total. The number of para-hydroxylation sites is 1. The third kappa shape index (κ3) is 3.70. The maximum Gasteiger partial charge on any atom is 0.414 e. The van der Waals surface area contributed by atoms with Crippen molar-refractivity contribution in [2.75, 3.05) is 29.6 Å². The number of anilines is 2. The Morgan fingerprint density at radius 1 is 1.17 bits per heavy atom. The van der Waals surface area contributed by atoms with Crippen LogP contribution in [-0.2, 0) is 26.4 Å². The first-order chi connectivity index (χ1) is 16.7. The Morgan fingerprint density at radius 3 is 2.63 bits per heavy atom. The average molecular weight is 483 g/mol. The van der Waals surface area contributed by atoms with Crippen LogP contribution in [0.1, 0.15) is 38.3 Å². The number of benzene rings is 2. The summed E-state index contributed by atoms with van der Waals surface area (Å²) in [6.45, 7) is 5.86. The fourth-order valence-corrected chi connectivity index (χ4v) is 6.19. The maximum absolute atomic E-state index is 15.4. The van der Waals surface area contributed by atoms with E-state index in [1.807, 2.05) is 55.5 Å². The fourth-order valence-electron chi connectivity index (χ4n) is 6.19. The number of cyclic esters (lactones) is 1. The number of halogens is 1. The maximum atomic E-state index is 15.4. The highest BCUT2D eigenvalue weighted by atomic mass is 19.1. The molecule has 3 aliphatic rings. The van der Waals surface area contributed by atoms with E-state index in [2.05, 4.69) is 0 Å². The Bertz CT molecular complexity index is 1150. The van der Waals surface area contributed by atoms with Crippen molar-refractivity contribution in [2.45, 2.75) is 51.1 Å². The molecule has 0 bridgehead atoms. The predicted octanol–water partition coefficient (Wildman–Crippen LogP) is 4.17. The third-order valence-corrected chi connectivity index (χ3v) is 7.61. The van der Waals surface area contributed by atoms with Crippen LogP contribution >= 0.6 is 0 Å². The summed E-state index contributed by atoms with van der Waals surface area (Å²) in [6, 6.07) is 15.0. The van der Waals surface area contributed by atoms with E-state index in [0.29, 0.717) is 18.8 Å². The van der Waals surface area contributed by atoms with Crippen LogP contribution in [0.4, 0.5) is 20.6 Å². The van der Waals surface area contributed by atoms with Crippen molar-refractivity contribution in [3.63, 3.8) is 0 Å². The first-order valence-electron chi connectivity index (χ1n) is 12.1. The first kappa shape index (κ1) is 23.8. The zero-order valence-electron chi connectivity index (χ0n) is 20.2. The molecule has 1 spiro atoms. The van der Waals surface area contributed by atoms with Gasteiger partial charge in [0.15, 0.2) is 5.60 Å². The topological polar surface area (TPSA) is 79.3 Å². The quantitative estimate of drug-likeness (QED) is 0.669. The molecule has 2 saturated heterocycles. The minimum Gasteiger partial charge on any atom is -0.447 e. The Balaban J connectivity index is 1.52. The van der Waals surface area contributed by atoms with Crippen LogP contribution in [0.15, 0.2) is 48.5 Å². The number of hydrogen-bond donors (Lipinski definition) is 1. The van der Waals surface area contributed by atoms with Crippen molar-refractivity contribution >= 4 is 23.4 Å². The molecular formula is C27H31FN2O5. The number of carbonyl (C=O) groups excluding carboxylic acids is 2. The number of carbonyl (C=O) groups is 2. The second-order valence-corrected chi connectivity index (χ2v) is 10.1. The summed E-state index contributed by atoms with van der Waals surface area (Å²) in [6.07, 6.45) is -0.712. The lowest BCUT2D eigenvalue weighted by molar-refractivity contribution is -0.146. The van der Waals surface area contributed by atoms with Crippen molar-refractivity contribution in [2.24, 2.45) is 11.8 Å². The number of rotatable bonds is 6. The molecule has 4 atom stereocenters. The van der Waals surface area contributed by atoms with E-state index in [-0.39, 0.29) is 31.6 Å². The molecular weight excluding hydrogens is 451 g/mol. The lowest BCUT2D eigenvalue weighted by atomic mass is 9.71. The summed E-state index contributed by atoms with van der Waals surface area (Å²) in [4.78, 5) is 29.4. The van der Waals surface area contributed by atoms with Gasteiger partial charge in [-0.3, -0.25) is 9.69 Å². The molecule has 0 aromatic heterocycles. The van der Waals surface area contributed by atoms with Gasteiger partial charge in [-0.15, -0.1) is 0 Å². The normalized spacial score (nSPS) is 28.2. The van der Waals surface area contributed by atoms with Crippen LogP contribution in [0.2, 0.25) is 0 Å². The molecule has 2 amide bonds. The fraction of sp³-hybridized carbons (Fsp3) is 0.481. The molecule has 0 radical (unpaired) electrons. The number of fused-ring (bicyclic) bond motifs is 2. The van der Waals surface area contributed by atoms with E-state index in [4.69, 9.17) is 9.47 Å². The molecule has 7 nitrogen and oxygen atoms in total. The second kappa shape index (κ2) is 8.60. The Kier molecular flexibility index (Phi) is 5.84. The van der Waals surface area contributed by atoms with Crippen LogP contribution in [0.3, 0.4) is 0 Å². The zero-order valence-corrected chi connectivity index (χ0v) is 20.2. The smallest absolute Gasteiger partial charge is 0.414 e. The molecule has 35 heavy (non-hydrogen) atoms. The summed E-state index contributed by atoms with van der Waals surface area (Å²) in [5.74, 6) is -1.23. The number of ether oxygens (including phenoxy) is 2. The highest BCUT2D eigenvalue weighted by Gasteiger charge is 2.65. The van der Waals surface area contributed by atoms with Crippen molar-refractivity contribution in [3.05, 3.63) is 59.7 Å². The predicted molar refractivity (Wildman–Crippen MR) is 129 cm³/mol. The van der Waals surface area contributed by atoms with Crippen molar-refractivity contribution in [1.82, 2.24) is 0 Å². The molecule has 8 heteroatoms. The summed E-state index contributed by atoms with van der Waals surface area (Å²) in [5, 5.41) is 9.64. The van der Waals surface area contributed by atoms with E-state index in [1.54, 1.807) is 9.80 Å². The minimum atomic E-state index is -1.59. The number of aliphatic hydroxyl groups excluding tert-OH is 1. The van der Waals surface area contributed by atoms with Gasteiger partial charge in [0.25, 0.3) is 5.91 Å². The molecule has 5 rings (SSSR count). The molecule has 3 heterocycles. The SMILES string of the molecule is C[C@H]1[C@H](C(C)(C)F)[C@@H](CCO)O[C@]12C(=O)N(Cc1cccc(N3CCOC3=O)c1)c1ccccc12. The van der Waals surface area contributed by atoms with Gasteiger partial charge in [0, 0.05) is 29.7 Å². The molecule has 0 saturated carbocycles. The van der Waals surface area contributed by atoms with E-state index < -0.39 is 29.2 Å². The summed E-state index contributed by atoms with van der Waals surface area (Å²) < 4.78 is 26.9. The molecule has 186 valence electrons. The van der Waals surface area contributed by atoms with Gasteiger partial charge in [-0.05, 0) is 44.0 Å². The van der Waals surface area contributed by atoms with Gasteiger partial charge >= 0.3 is 6.09 Å². The van der Waals surface area contributed by atoms with Crippen molar-refractivity contribution < 1.29 is 28.6 Å². The van der Waals surface area contributed by atoms with Crippen molar-refractivity contribution in [1.29, 1.82) is 0 Å². The Labute approximate surface area is 204 Å². The number of amides is 2. The van der Waals surface area contributed by atoms with Gasteiger partial charge < -0.3 is 19.5 Å². The van der Waals surface area contributed by atoms with E-state index in [9.17, 15) is 14.7 Å². The van der Waals surface area contributed by atoms with Gasteiger partial charge in [-0.2, -0.15) is 0 Å². The van der Waals surface area contributed by atoms with Crippen LogP contribution in [0.5, 0.6) is 0 Å². The summed E-state index contributed by atoms with van der Waals surface area (Å²) >= 11 is 0. The van der Waals surface area contributed by atoms with E-state index in [1.165, 1.54) is 13.8 Å². The van der Waals surface area contributed by atoms with Crippen LogP contribution < -0.4 is 9.80 Å². The van der Waals surface area contributed by atoms with Gasteiger partial charge in [-0.1, -0.05) is 37.3 Å². The van der Waals surface area contributed by atoms with Gasteiger partial charge in [-0.25, -0.2) is 9.18 Å². The molecule has 3 aliphatic heterocycles. The highest BCUT2D eigenvalue weighted by Crippen LogP contribution is 2.58. The number of hydrogen-bond acceptors (Lipinski definition) is 5. The third-order valence-electron chi connectivity index (χ3n) is 7.61. The minimum absolute atomic E-state index is 0.147. The highest BCUT2D eigenvalue weighted by molar-refractivity contribution is 6.07.